The lowest BCUT2D eigenvalue weighted by molar-refractivity contribution is -0.128. The van der Waals surface area contributed by atoms with Crippen LogP contribution in [-0.4, -0.2) is 47.9 Å². The third-order valence-electron chi connectivity index (χ3n) is 7.00. The number of fused-ring (bicyclic) bond motifs is 1. The monoisotopic (exact) mass is 408 g/mol. The predicted molar refractivity (Wildman–Crippen MR) is 120 cm³/mol. The van der Waals surface area contributed by atoms with E-state index in [-0.39, 0.29) is 17.6 Å². The molecule has 0 aromatic heterocycles. The van der Waals surface area contributed by atoms with Crippen LogP contribution in [0.25, 0.3) is 11.1 Å². The summed E-state index contributed by atoms with van der Waals surface area (Å²) < 4.78 is 15.6. The number of rotatable bonds is 4. The van der Waals surface area contributed by atoms with E-state index < -0.39 is 0 Å². The molecule has 1 saturated heterocycles. The van der Waals surface area contributed by atoms with Crippen molar-refractivity contribution in [1.29, 1.82) is 0 Å². The summed E-state index contributed by atoms with van der Waals surface area (Å²) in [6.45, 7) is 9.47. The molecule has 1 unspecified atom stereocenters. The van der Waals surface area contributed by atoms with Crippen LogP contribution in [0.2, 0.25) is 0 Å². The summed E-state index contributed by atoms with van der Waals surface area (Å²) in [5.41, 5.74) is 4.70. The maximum absolute atomic E-state index is 15.6. The number of hydrogen-bond donors (Lipinski definition) is 0. The molecule has 160 valence electrons. The molecule has 2 atom stereocenters. The number of halogens is 1. The zero-order chi connectivity index (χ0) is 21.3. The Balaban J connectivity index is 1.52. The van der Waals surface area contributed by atoms with Gasteiger partial charge in [-0.15, -0.1) is 0 Å². The van der Waals surface area contributed by atoms with Crippen LogP contribution in [0, 0.1) is 5.82 Å². The Bertz CT molecular complexity index is 908. The Labute approximate surface area is 179 Å². The maximum atomic E-state index is 15.6. The van der Waals surface area contributed by atoms with Crippen molar-refractivity contribution in [2.45, 2.75) is 58.4 Å². The molecule has 2 aromatic carbocycles. The van der Waals surface area contributed by atoms with E-state index in [0.29, 0.717) is 31.1 Å². The fourth-order valence-electron chi connectivity index (χ4n) is 5.11. The molecule has 0 bridgehead atoms. The van der Waals surface area contributed by atoms with Crippen LogP contribution >= 0.6 is 0 Å². The first-order valence-corrected chi connectivity index (χ1v) is 11.3. The highest BCUT2D eigenvalue weighted by atomic mass is 19.1. The van der Waals surface area contributed by atoms with Gasteiger partial charge in [0.25, 0.3) is 0 Å². The van der Waals surface area contributed by atoms with Gasteiger partial charge in [0, 0.05) is 44.1 Å². The average molecular weight is 409 g/mol. The second-order valence-corrected chi connectivity index (χ2v) is 9.09. The van der Waals surface area contributed by atoms with Crippen LogP contribution in [0.3, 0.4) is 0 Å². The molecule has 30 heavy (non-hydrogen) atoms. The van der Waals surface area contributed by atoms with Crippen LogP contribution in [0.15, 0.2) is 36.4 Å². The number of likely N-dealkylation sites (tertiary alicyclic amines) is 1. The summed E-state index contributed by atoms with van der Waals surface area (Å²) in [5, 5.41) is 0. The fourth-order valence-corrected chi connectivity index (χ4v) is 5.11. The third-order valence-corrected chi connectivity index (χ3v) is 7.00. The van der Waals surface area contributed by atoms with E-state index in [1.165, 1.54) is 24.9 Å². The van der Waals surface area contributed by atoms with E-state index in [1.807, 2.05) is 17.9 Å². The lowest BCUT2D eigenvalue weighted by atomic mass is 9.90. The summed E-state index contributed by atoms with van der Waals surface area (Å²) in [6.07, 6.45) is 4.36. The first kappa shape index (κ1) is 21.0. The van der Waals surface area contributed by atoms with Gasteiger partial charge < -0.3 is 9.80 Å². The van der Waals surface area contributed by atoms with E-state index in [9.17, 15) is 4.79 Å². The van der Waals surface area contributed by atoms with Gasteiger partial charge in [0.05, 0.1) is 0 Å². The van der Waals surface area contributed by atoms with Crippen molar-refractivity contribution in [2.75, 3.05) is 26.2 Å². The number of carbonyl (C=O) groups excluding carboxylic acids is 1. The molecule has 2 aromatic rings. The van der Waals surface area contributed by atoms with Gasteiger partial charge in [-0.3, -0.25) is 4.79 Å². The van der Waals surface area contributed by atoms with Gasteiger partial charge in [-0.2, -0.15) is 0 Å². The molecule has 4 heteroatoms. The second-order valence-electron chi connectivity index (χ2n) is 9.09. The van der Waals surface area contributed by atoms with Gasteiger partial charge >= 0.3 is 0 Å². The third kappa shape index (κ3) is 4.29. The first-order chi connectivity index (χ1) is 14.4. The minimum absolute atomic E-state index is 0.00641. The van der Waals surface area contributed by atoms with Crippen LogP contribution in [0.1, 0.15) is 56.2 Å². The molecular weight excluding hydrogens is 375 g/mol. The van der Waals surface area contributed by atoms with Crippen molar-refractivity contribution >= 4 is 5.91 Å². The molecule has 1 amide bonds. The number of carbonyl (C=O) groups is 1. The highest BCUT2D eigenvalue weighted by Crippen LogP contribution is 2.34. The minimum Gasteiger partial charge on any atom is -0.342 e. The zero-order valence-corrected chi connectivity index (χ0v) is 18.5. The molecule has 2 aliphatic heterocycles. The summed E-state index contributed by atoms with van der Waals surface area (Å²) in [7, 11) is 0. The average Bonchev–Trinajstić information content (AvgIpc) is 3.05. The molecule has 3 nitrogen and oxygen atoms in total. The van der Waals surface area contributed by atoms with E-state index in [0.717, 1.165) is 29.7 Å². The molecular formula is C26H33FN2O. The number of hydrogen-bond acceptors (Lipinski definition) is 2. The molecule has 0 aliphatic carbocycles. The molecule has 0 saturated carbocycles. The van der Waals surface area contributed by atoms with Gasteiger partial charge in [-0.25, -0.2) is 4.39 Å². The number of nitrogens with zero attached hydrogens (tertiary/aromatic N) is 2. The van der Waals surface area contributed by atoms with Crippen molar-refractivity contribution in [3.63, 3.8) is 0 Å². The fraction of sp³-hybridized carbons (Fsp3) is 0.500. The van der Waals surface area contributed by atoms with Gasteiger partial charge in [0.15, 0.2) is 0 Å². The first-order valence-electron chi connectivity index (χ1n) is 11.3. The minimum atomic E-state index is -0.121. The summed E-state index contributed by atoms with van der Waals surface area (Å²) in [6, 6.07) is 13.0. The standard InChI is InChI=1S/C26H33FN2O/c1-18-17-29(20(3)30)16-13-23-10-11-24(26(27)25(18)23)22-8-6-21(7-9-22)12-15-28-14-4-5-19(28)2/h6-11,18-19H,4-5,12-17H2,1-3H3/t18-,19?/m0/s1. The van der Waals surface area contributed by atoms with Crippen molar-refractivity contribution < 1.29 is 9.18 Å². The van der Waals surface area contributed by atoms with Gasteiger partial charge in [-0.05, 0) is 61.4 Å². The number of benzene rings is 2. The van der Waals surface area contributed by atoms with Crippen LogP contribution in [-0.2, 0) is 17.6 Å². The Hall–Kier alpha value is -2.20. The Morgan fingerprint density at radius 1 is 1.10 bits per heavy atom. The summed E-state index contributed by atoms with van der Waals surface area (Å²) >= 11 is 0. The van der Waals surface area contributed by atoms with E-state index in [4.69, 9.17) is 0 Å². The van der Waals surface area contributed by atoms with Crippen molar-refractivity contribution in [3.8, 4) is 11.1 Å². The molecule has 0 radical (unpaired) electrons. The molecule has 0 spiro atoms. The quantitative estimate of drug-likeness (QED) is 0.709. The van der Waals surface area contributed by atoms with Crippen LogP contribution in [0.4, 0.5) is 4.39 Å². The maximum Gasteiger partial charge on any atom is 0.219 e. The van der Waals surface area contributed by atoms with Crippen molar-refractivity contribution in [3.05, 3.63) is 58.9 Å². The molecule has 2 heterocycles. The Morgan fingerprint density at radius 3 is 2.53 bits per heavy atom. The molecule has 1 fully saturated rings. The van der Waals surface area contributed by atoms with Gasteiger partial charge in [-0.1, -0.05) is 43.3 Å². The molecule has 0 N–H and O–H groups in total. The van der Waals surface area contributed by atoms with E-state index in [2.05, 4.69) is 42.2 Å². The van der Waals surface area contributed by atoms with Crippen LogP contribution < -0.4 is 0 Å². The molecule has 2 aliphatic rings. The summed E-state index contributed by atoms with van der Waals surface area (Å²) in [5.74, 6) is -0.0636. The lowest BCUT2D eigenvalue weighted by Gasteiger charge is -2.22. The SMILES string of the molecule is CC(=O)N1CCc2ccc(-c3ccc(CCN4CCCC4C)cc3)c(F)c2[C@@H](C)C1. The van der Waals surface area contributed by atoms with Crippen molar-refractivity contribution in [2.24, 2.45) is 0 Å². The topological polar surface area (TPSA) is 23.6 Å². The van der Waals surface area contributed by atoms with Crippen molar-refractivity contribution in [1.82, 2.24) is 9.80 Å². The highest BCUT2D eigenvalue weighted by molar-refractivity contribution is 5.73. The predicted octanol–water partition coefficient (Wildman–Crippen LogP) is 5.03. The van der Waals surface area contributed by atoms with Gasteiger partial charge in [0.2, 0.25) is 5.91 Å². The summed E-state index contributed by atoms with van der Waals surface area (Å²) in [4.78, 5) is 16.2. The largest absolute Gasteiger partial charge is 0.342 e. The second kappa shape index (κ2) is 8.89. The smallest absolute Gasteiger partial charge is 0.219 e. The Kier molecular flexibility index (Phi) is 6.24. The Morgan fingerprint density at radius 2 is 1.87 bits per heavy atom. The van der Waals surface area contributed by atoms with E-state index >= 15 is 4.39 Å². The highest BCUT2D eigenvalue weighted by Gasteiger charge is 2.26. The van der Waals surface area contributed by atoms with Crippen LogP contribution in [0.5, 0.6) is 0 Å². The molecule has 4 rings (SSSR count). The lowest BCUT2D eigenvalue weighted by Crippen LogP contribution is -2.32. The normalized spacial score (nSPS) is 22.1. The van der Waals surface area contributed by atoms with Gasteiger partial charge in [0.1, 0.15) is 5.82 Å². The number of amides is 1. The zero-order valence-electron chi connectivity index (χ0n) is 18.5. The van der Waals surface area contributed by atoms with E-state index in [1.54, 1.807) is 6.92 Å².